The smallest absolute Gasteiger partial charge is 0.251 e. The largest absolute Gasteiger partial charge is 0.490 e. The number of nitrogens with zero attached hydrogens (tertiary/aromatic N) is 1. The number of anilines is 1. The monoisotopic (exact) mass is 367 g/mol. The summed E-state index contributed by atoms with van der Waals surface area (Å²) in [6, 6.07) is 8.58. The van der Waals surface area contributed by atoms with Gasteiger partial charge >= 0.3 is 0 Å². The van der Waals surface area contributed by atoms with Crippen LogP contribution in [0.4, 0.5) is 5.69 Å². The molecule has 3 rings (SSSR count). The molecule has 27 heavy (non-hydrogen) atoms. The predicted octanol–water partition coefficient (Wildman–Crippen LogP) is 2.46. The van der Waals surface area contributed by atoms with Gasteiger partial charge in [0, 0.05) is 23.6 Å². The molecule has 0 aliphatic heterocycles. The van der Waals surface area contributed by atoms with Gasteiger partial charge in [-0.05, 0) is 37.1 Å². The number of aromatic nitrogens is 1. The number of hydrogen-bond donors (Lipinski definition) is 4. The van der Waals surface area contributed by atoms with Crippen molar-refractivity contribution in [3.8, 4) is 5.75 Å². The van der Waals surface area contributed by atoms with Crippen LogP contribution in [-0.4, -0.2) is 28.9 Å². The van der Waals surface area contributed by atoms with E-state index in [1.807, 2.05) is 0 Å². The topological polar surface area (TPSA) is 127 Å². The molecular weight excluding hydrogens is 342 g/mol. The van der Waals surface area contributed by atoms with Crippen LogP contribution in [0.3, 0.4) is 0 Å². The molecule has 1 aliphatic carbocycles. The number of nitrogens with one attached hydrogen (secondary N) is 2. The predicted molar refractivity (Wildman–Crippen MR) is 105 cm³/mol. The molecule has 1 heterocycles. The third-order valence-corrected chi connectivity index (χ3v) is 4.96. The summed E-state index contributed by atoms with van der Waals surface area (Å²) in [5, 5.41) is 10.9. The van der Waals surface area contributed by atoms with Crippen molar-refractivity contribution >= 4 is 17.4 Å². The standard InChI is InChI=1S/C20H25N5O2/c21-15-5-4-6-16(17(15)18(22)23)27-13-20(9-2-1-3-10-20)25-19(26)14-7-11-24-12-8-14/h4-8,11-12H,1-3,9-10,13,21H2,(H3,22,23)(H,25,26). The van der Waals surface area contributed by atoms with Crippen LogP contribution in [0.2, 0.25) is 0 Å². The van der Waals surface area contributed by atoms with Gasteiger partial charge in [-0.15, -0.1) is 0 Å². The van der Waals surface area contributed by atoms with E-state index in [2.05, 4.69) is 10.3 Å². The first-order valence-corrected chi connectivity index (χ1v) is 9.09. The van der Waals surface area contributed by atoms with E-state index in [1.54, 1.807) is 42.7 Å². The van der Waals surface area contributed by atoms with E-state index in [0.29, 0.717) is 29.2 Å². The number of hydrogen-bond acceptors (Lipinski definition) is 5. The maximum atomic E-state index is 12.7. The number of amidine groups is 1. The van der Waals surface area contributed by atoms with Gasteiger partial charge in [-0.3, -0.25) is 15.2 Å². The van der Waals surface area contributed by atoms with Gasteiger partial charge in [-0.1, -0.05) is 25.3 Å². The lowest BCUT2D eigenvalue weighted by atomic mass is 9.82. The molecule has 7 nitrogen and oxygen atoms in total. The summed E-state index contributed by atoms with van der Waals surface area (Å²) in [7, 11) is 0. The first kappa shape index (κ1) is 18.7. The number of nitrogen functional groups attached to an aromatic ring is 2. The number of pyridine rings is 1. The van der Waals surface area contributed by atoms with Crippen LogP contribution in [0.1, 0.15) is 48.0 Å². The average molecular weight is 367 g/mol. The number of rotatable bonds is 6. The molecule has 142 valence electrons. The molecule has 1 aromatic carbocycles. The fraction of sp³-hybridized carbons (Fsp3) is 0.350. The lowest BCUT2D eigenvalue weighted by Gasteiger charge is -2.38. The second-order valence-corrected chi connectivity index (χ2v) is 6.95. The van der Waals surface area contributed by atoms with Gasteiger partial charge in [0.2, 0.25) is 0 Å². The molecule has 0 atom stereocenters. The lowest BCUT2D eigenvalue weighted by molar-refractivity contribution is 0.0789. The van der Waals surface area contributed by atoms with Gasteiger partial charge in [-0.25, -0.2) is 0 Å². The first-order chi connectivity index (χ1) is 13.0. The molecule has 0 unspecified atom stereocenters. The first-order valence-electron chi connectivity index (χ1n) is 9.09. The zero-order valence-electron chi connectivity index (χ0n) is 15.2. The number of benzene rings is 1. The highest BCUT2D eigenvalue weighted by molar-refractivity contribution is 6.02. The quantitative estimate of drug-likeness (QED) is 0.354. The summed E-state index contributed by atoms with van der Waals surface area (Å²) in [6.45, 7) is 0.299. The van der Waals surface area contributed by atoms with Crippen molar-refractivity contribution in [1.29, 1.82) is 5.41 Å². The zero-order chi connectivity index (χ0) is 19.3. The third kappa shape index (κ3) is 4.36. The van der Waals surface area contributed by atoms with Gasteiger partial charge in [0.25, 0.3) is 5.91 Å². The van der Waals surface area contributed by atoms with E-state index < -0.39 is 5.54 Å². The summed E-state index contributed by atoms with van der Waals surface area (Å²) in [5.41, 5.74) is 12.5. The number of amides is 1. The summed E-state index contributed by atoms with van der Waals surface area (Å²) in [4.78, 5) is 16.6. The highest BCUT2D eigenvalue weighted by atomic mass is 16.5. The fourth-order valence-electron chi connectivity index (χ4n) is 3.52. The summed E-state index contributed by atoms with van der Waals surface area (Å²) in [5.74, 6) is 0.189. The van der Waals surface area contributed by atoms with Crippen LogP contribution in [0.25, 0.3) is 0 Å². The van der Waals surface area contributed by atoms with Gasteiger partial charge in [-0.2, -0.15) is 0 Å². The zero-order valence-corrected chi connectivity index (χ0v) is 15.2. The van der Waals surface area contributed by atoms with E-state index in [9.17, 15) is 4.79 Å². The highest BCUT2D eigenvalue weighted by Gasteiger charge is 2.35. The molecule has 1 aromatic heterocycles. The molecular formula is C20H25N5O2. The SMILES string of the molecule is N=C(N)c1c(N)cccc1OCC1(NC(=O)c2ccncc2)CCCCC1. The number of nitrogens with two attached hydrogens (primary N) is 2. The molecule has 1 aliphatic rings. The molecule has 0 bridgehead atoms. The van der Waals surface area contributed by atoms with Crippen molar-refractivity contribution in [3.63, 3.8) is 0 Å². The van der Waals surface area contributed by atoms with Crippen LogP contribution < -0.4 is 21.5 Å². The van der Waals surface area contributed by atoms with Crippen LogP contribution in [-0.2, 0) is 0 Å². The van der Waals surface area contributed by atoms with E-state index in [0.717, 1.165) is 32.1 Å². The Morgan fingerprint density at radius 1 is 1.19 bits per heavy atom. The van der Waals surface area contributed by atoms with Crippen molar-refractivity contribution in [2.24, 2.45) is 5.73 Å². The molecule has 0 radical (unpaired) electrons. The van der Waals surface area contributed by atoms with Crippen molar-refractivity contribution in [1.82, 2.24) is 10.3 Å². The van der Waals surface area contributed by atoms with Crippen LogP contribution >= 0.6 is 0 Å². The summed E-state index contributed by atoms with van der Waals surface area (Å²) >= 11 is 0. The minimum Gasteiger partial charge on any atom is -0.490 e. The normalized spacial score (nSPS) is 15.7. The number of carbonyl (C=O) groups is 1. The molecule has 7 heteroatoms. The Kier molecular flexibility index (Phi) is 5.59. The number of ether oxygens (including phenoxy) is 1. The van der Waals surface area contributed by atoms with Crippen LogP contribution in [0, 0.1) is 5.41 Å². The minimum atomic E-state index is -0.461. The average Bonchev–Trinajstić information content (AvgIpc) is 2.67. The summed E-state index contributed by atoms with van der Waals surface area (Å²) in [6.07, 6.45) is 8.07. The Morgan fingerprint density at radius 2 is 1.89 bits per heavy atom. The van der Waals surface area contributed by atoms with Gasteiger partial charge < -0.3 is 21.5 Å². The minimum absolute atomic E-state index is 0.137. The molecule has 0 saturated heterocycles. The molecule has 6 N–H and O–H groups in total. The van der Waals surface area contributed by atoms with E-state index >= 15 is 0 Å². The maximum Gasteiger partial charge on any atom is 0.251 e. The van der Waals surface area contributed by atoms with Crippen molar-refractivity contribution in [2.45, 2.75) is 37.6 Å². The van der Waals surface area contributed by atoms with E-state index in [1.165, 1.54) is 0 Å². The van der Waals surface area contributed by atoms with Crippen molar-refractivity contribution in [2.75, 3.05) is 12.3 Å². The highest BCUT2D eigenvalue weighted by Crippen LogP contribution is 2.31. The second kappa shape index (κ2) is 8.07. The Hall–Kier alpha value is -3.09. The van der Waals surface area contributed by atoms with Gasteiger partial charge in [0.15, 0.2) is 0 Å². The van der Waals surface area contributed by atoms with Gasteiger partial charge in [0.1, 0.15) is 18.2 Å². The van der Waals surface area contributed by atoms with E-state index in [4.69, 9.17) is 21.6 Å². The molecule has 2 aromatic rings. The second-order valence-electron chi connectivity index (χ2n) is 6.95. The Labute approximate surface area is 158 Å². The van der Waals surface area contributed by atoms with Gasteiger partial charge in [0.05, 0.1) is 11.1 Å². The Morgan fingerprint density at radius 3 is 2.56 bits per heavy atom. The Balaban J connectivity index is 1.79. The fourth-order valence-corrected chi connectivity index (χ4v) is 3.52. The van der Waals surface area contributed by atoms with Crippen molar-refractivity contribution in [3.05, 3.63) is 53.9 Å². The van der Waals surface area contributed by atoms with Crippen molar-refractivity contribution < 1.29 is 9.53 Å². The molecule has 1 fully saturated rings. The molecule has 1 amide bonds. The van der Waals surface area contributed by atoms with Crippen LogP contribution in [0.5, 0.6) is 5.75 Å². The third-order valence-electron chi connectivity index (χ3n) is 4.96. The maximum absolute atomic E-state index is 12.7. The molecule has 0 spiro atoms. The molecule has 1 saturated carbocycles. The lowest BCUT2D eigenvalue weighted by Crippen LogP contribution is -2.53. The Bertz CT molecular complexity index is 816. The van der Waals surface area contributed by atoms with Crippen LogP contribution in [0.15, 0.2) is 42.7 Å². The summed E-state index contributed by atoms with van der Waals surface area (Å²) < 4.78 is 6.03. The number of carbonyl (C=O) groups excluding carboxylic acids is 1. The van der Waals surface area contributed by atoms with E-state index in [-0.39, 0.29) is 11.7 Å².